The third-order valence-electron chi connectivity index (χ3n) is 3.50. The molecule has 0 radical (unpaired) electrons. The first-order valence-corrected chi connectivity index (χ1v) is 6.45. The second-order valence-corrected chi connectivity index (χ2v) is 4.90. The lowest BCUT2D eigenvalue weighted by Gasteiger charge is -2.11. The molecule has 0 amide bonds. The molecule has 19 heavy (non-hydrogen) atoms. The van der Waals surface area contributed by atoms with Crippen molar-refractivity contribution < 1.29 is 4.74 Å². The molecule has 0 bridgehead atoms. The number of benzene rings is 1. The number of nitrogens with zero attached hydrogens (tertiary/aromatic N) is 1. The van der Waals surface area contributed by atoms with E-state index in [1.165, 1.54) is 0 Å². The van der Waals surface area contributed by atoms with Crippen molar-refractivity contribution in [2.45, 2.75) is 25.7 Å². The zero-order valence-electron chi connectivity index (χ0n) is 11.1. The third kappa shape index (κ3) is 2.14. The minimum Gasteiger partial charge on any atom is -0.496 e. The summed E-state index contributed by atoms with van der Waals surface area (Å²) in [5.41, 5.74) is 2.17. The van der Waals surface area contributed by atoms with Crippen LogP contribution in [0.4, 0.5) is 0 Å². The largest absolute Gasteiger partial charge is 0.496 e. The highest BCUT2D eigenvalue weighted by Gasteiger charge is 2.27. The van der Waals surface area contributed by atoms with Crippen LogP contribution >= 0.6 is 0 Å². The molecule has 0 saturated heterocycles. The second-order valence-electron chi connectivity index (χ2n) is 4.90. The van der Waals surface area contributed by atoms with E-state index in [0.29, 0.717) is 11.5 Å². The Morgan fingerprint density at radius 1 is 1.32 bits per heavy atom. The van der Waals surface area contributed by atoms with Crippen LogP contribution < -0.4 is 10.3 Å². The first-order chi connectivity index (χ1) is 9.20. The maximum absolute atomic E-state index is 12.0. The van der Waals surface area contributed by atoms with Crippen LogP contribution in [0.2, 0.25) is 0 Å². The minimum absolute atomic E-state index is 0.0576. The lowest BCUT2D eigenvalue weighted by Crippen LogP contribution is -2.15. The average Bonchev–Trinajstić information content (AvgIpc) is 3.26. The van der Waals surface area contributed by atoms with Gasteiger partial charge in [0.25, 0.3) is 5.56 Å². The maximum atomic E-state index is 12.0. The molecule has 1 saturated carbocycles. The molecule has 3 rings (SSSR count). The molecule has 0 spiro atoms. The summed E-state index contributed by atoms with van der Waals surface area (Å²) in [5.74, 6) is 1.96. The number of hydrogen-bond acceptors (Lipinski definition) is 3. The Labute approximate surface area is 111 Å². The zero-order valence-corrected chi connectivity index (χ0v) is 11.1. The van der Waals surface area contributed by atoms with Gasteiger partial charge in [-0.2, -0.15) is 0 Å². The first kappa shape index (κ1) is 12.0. The van der Waals surface area contributed by atoms with Crippen LogP contribution in [0.1, 0.15) is 30.1 Å². The van der Waals surface area contributed by atoms with Crippen molar-refractivity contribution in [3.63, 3.8) is 0 Å². The molecular weight excluding hydrogens is 240 g/mol. The van der Waals surface area contributed by atoms with Crippen LogP contribution in [0.25, 0.3) is 11.3 Å². The standard InChI is InChI=1S/C15H16N2O2/c1-9-13(11-5-3-4-6-12(11)19-2)16-14(10-7-8-10)17-15(9)18/h3-6,10H,7-8H2,1-2H3,(H,16,17,18). The molecule has 1 aromatic carbocycles. The van der Waals surface area contributed by atoms with Crippen molar-refractivity contribution in [3.05, 3.63) is 46.0 Å². The lowest BCUT2D eigenvalue weighted by molar-refractivity contribution is 0.416. The molecular formula is C15H16N2O2. The molecule has 1 aliphatic carbocycles. The van der Waals surface area contributed by atoms with E-state index >= 15 is 0 Å². The fourth-order valence-corrected chi connectivity index (χ4v) is 2.20. The summed E-state index contributed by atoms with van der Waals surface area (Å²) in [4.78, 5) is 19.5. The van der Waals surface area contributed by atoms with Crippen LogP contribution in [0.3, 0.4) is 0 Å². The van der Waals surface area contributed by atoms with Gasteiger partial charge in [0, 0.05) is 17.0 Å². The number of H-pyrrole nitrogens is 1. The molecule has 0 unspecified atom stereocenters. The van der Waals surface area contributed by atoms with Crippen LogP contribution in [0, 0.1) is 6.92 Å². The first-order valence-electron chi connectivity index (χ1n) is 6.45. The second kappa shape index (κ2) is 4.53. The molecule has 1 N–H and O–H groups in total. The molecule has 98 valence electrons. The van der Waals surface area contributed by atoms with Crippen LogP contribution in [-0.2, 0) is 0 Å². The topological polar surface area (TPSA) is 55.0 Å². The predicted octanol–water partition coefficient (Wildman–Crippen LogP) is 2.63. The molecule has 2 aromatic rings. The van der Waals surface area contributed by atoms with E-state index in [9.17, 15) is 4.79 Å². The predicted molar refractivity (Wildman–Crippen MR) is 73.6 cm³/mol. The van der Waals surface area contributed by atoms with E-state index in [-0.39, 0.29) is 5.56 Å². The number of rotatable bonds is 3. The van der Waals surface area contributed by atoms with Gasteiger partial charge >= 0.3 is 0 Å². The summed E-state index contributed by atoms with van der Waals surface area (Å²) in [6.07, 6.45) is 2.22. The molecule has 1 aliphatic rings. The highest BCUT2D eigenvalue weighted by atomic mass is 16.5. The Kier molecular flexibility index (Phi) is 2.85. The van der Waals surface area contributed by atoms with Crippen molar-refractivity contribution in [1.82, 2.24) is 9.97 Å². The van der Waals surface area contributed by atoms with Gasteiger partial charge in [0.05, 0.1) is 12.8 Å². The van der Waals surface area contributed by atoms with Gasteiger partial charge in [-0.1, -0.05) is 12.1 Å². The summed E-state index contributed by atoms with van der Waals surface area (Å²) >= 11 is 0. The quantitative estimate of drug-likeness (QED) is 0.918. The summed E-state index contributed by atoms with van der Waals surface area (Å²) in [5, 5.41) is 0. The van der Waals surface area contributed by atoms with Gasteiger partial charge in [-0.15, -0.1) is 0 Å². The van der Waals surface area contributed by atoms with Crippen molar-refractivity contribution in [1.29, 1.82) is 0 Å². The van der Waals surface area contributed by atoms with Gasteiger partial charge in [-0.25, -0.2) is 4.98 Å². The molecule has 0 aliphatic heterocycles. The highest BCUT2D eigenvalue weighted by Crippen LogP contribution is 2.39. The molecule has 4 nitrogen and oxygen atoms in total. The maximum Gasteiger partial charge on any atom is 0.254 e. The number of ether oxygens (including phenoxy) is 1. The van der Waals surface area contributed by atoms with E-state index in [4.69, 9.17) is 4.74 Å². The van der Waals surface area contributed by atoms with E-state index in [1.54, 1.807) is 14.0 Å². The molecule has 4 heteroatoms. The Hall–Kier alpha value is -2.10. The zero-order chi connectivity index (χ0) is 13.4. The highest BCUT2D eigenvalue weighted by molar-refractivity contribution is 5.69. The number of aromatic amines is 1. The number of nitrogens with one attached hydrogen (secondary N) is 1. The van der Waals surface area contributed by atoms with Crippen LogP contribution in [-0.4, -0.2) is 17.1 Å². The Bertz CT molecular complexity index is 672. The van der Waals surface area contributed by atoms with E-state index < -0.39 is 0 Å². The summed E-state index contributed by atoms with van der Waals surface area (Å²) in [7, 11) is 1.63. The van der Waals surface area contributed by atoms with Crippen molar-refractivity contribution in [2.24, 2.45) is 0 Å². The number of para-hydroxylation sites is 1. The van der Waals surface area contributed by atoms with Gasteiger partial charge in [0.1, 0.15) is 11.6 Å². The fraction of sp³-hybridized carbons (Fsp3) is 0.333. The molecule has 1 aromatic heterocycles. The van der Waals surface area contributed by atoms with Gasteiger partial charge in [0.2, 0.25) is 0 Å². The number of aromatic nitrogens is 2. The third-order valence-corrected chi connectivity index (χ3v) is 3.50. The summed E-state index contributed by atoms with van der Waals surface area (Å²) in [6.45, 7) is 1.80. The van der Waals surface area contributed by atoms with Gasteiger partial charge < -0.3 is 9.72 Å². The smallest absolute Gasteiger partial charge is 0.254 e. The number of methoxy groups -OCH3 is 1. The van der Waals surface area contributed by atoms with Gasteiger partial charge in [-0.05, 0) is 31.9 Å². The van der Waals surface area contributed by atoms with E-state index in [2.05, 4.69) is 9.97 Å². The lowest BCUT2D eigenvalue weighted by atomic mass is 10.1. The normalized spacial score (nSPS) is 14.4. The van der Waals surface area contributed by atoms with Crippen molar-refractivity contribution in [2.75, 3.05) is 7.11 Å². The SMILES string of the molecule is COc1ccccc1-c1nc(C2CC2)[nH]c(=O)c1C. The Morgan fingerprint density at radius 3 is 2.74 bits per heavy atom. The summed E-state index contributed by atoms with van der Waals surface area (Å²) in [6, 6.07) is 7.66. The molecule has 1 heterocycles. The fourth-order valence-electron chi connectivity index (χ4n) is 2.20. The minimum atomic E-state index is -0.0576. The summed E-state index contributed by atoms with van der Waals surface area (Å²) < 4.78 is 5.36. The van der Waals surface area contributed by atoms with E-state index in [0.717, 1.165) is 35.7 Å². The van der Waals surface area contributed by atoms with Crippen molar-refractivity contribution in [3.8, 4) is 17.0 Å². The van der Waals surface area contributed by atoms with E-state index in [1.807, 2.05) is 24.3 Å². The van der Waals surface area contributed by atoms with Crippen LogP contribution in [0.5, 0.6) is 5.75 Å². The van der Waals surface area contributed by atoms with Gasteiger partial charge in [0.15, 0.2) is 0 Å². The monoisotopic (exact) mass is 256 g/mol. The van der Waals surface area contributed by atoms with Crippen molar-refractivity contribution >= 4 is 0 Å². The molecule has 0 atom stereocenters. The number of hydrogen-bond donors (Lipinski definition) is 1. The Balaban J connectivity index is 2.20. The molecule has 1 fully saturated rings. The Morgan fingerprint density at radius 2 is 2.05 bits per heavy atom. The van der Waals surface area contributed by atoms with Gasteiger partial charge in [-0.3, -0.25) is 4.79 Å². The van der Waals surface area contributed by atoms with Crippen LogP contribution in [0.15, 0.2) is 29.1 Å². The average molecular weight is 256 g/mol.